The molecule has 1 rings (SSSR count). The van der Waals surface area contributed by atoms with Crippen molar-refractivity contribution in [2.45, 2.75) is 25.9 Å². The Morgan fingerprint density at radius 2 is 1.83 bits per heavy atom. The lowest BCUT2D eigenvalue weighted by molar-refractivity contribution is 0.117. The molecule has 0 aromatic heterocycles. The molecule has 0 atom stereocenters. The van der Waals surface area contributed by atoms with Crippen molar-refractivity contribution in [3.63, 3.8) is 0 Å². The molecule has 0 fully saturated rings. The van der Waals surface area contributed by atoms with Crippen LogP contribution in [0.4, 0.5) is 0 Å². The van der Waals surface area contributed by atoms with Crippen molar-refractivity contribution in [1.29, 1.82) is 0 Å². The lowest BCUT2D eigenvalue weighted by Crippen LogP contribution is -2.02. The number of benzene rings is 1. The predicted octanol–water partition coefficient (Wildman–Crippen LogP) is 2.93. The van der Waals surface area contributed by atoms with Crippen LogP contribution in [-0.2, 0) is 21.2 Å². The van der Waals surface area contributed by atoms with E-state index < -0.39 is 9.84 Å². The van der Waals surface area contributed by atoms with Crippen molar-refractivity contribution in [2.24, 2.45) is 0 Å². The number of hydrogen-bond donors (Lipinski definition) is 0. The molecule has 0 bridgehead atoms. The molecule has 0 radical (unpaired) electrons. The van der Waals surface area contributed by atoms with Gasteiger partial charge in [-0.15, -0.1) is 0 Å². The average molecular weight is 268 g/mol. The Bertz CT molecular complexity index is 437. The van der Waals surface area contributed by atoms with Crippen LogP contribution in [0.25, 0.3) is 0 Å². The summed E-state index contributed by atoms with van der Waals surface area (Å²) in [4.78, 5) is 0. The van der Waals surface area contributed by atoms with Crippen molar-refractivity contribution >= 4 is 9.84 Å². The normalized spacial score (nSPS) is 11.3. The first-order valence-electron chi connectivity index (χ1n) is 6.11. The summed E-state index contributed by atoms with van der Waals surface area (Å²) in [6.45, 7) is 4.57. The van der Waals surface area contributed by atoms with Crippen molar-refractivity contribution in [1.82, 2.24) is 0 Å². The second-order valence-corrected chi connectivity index (χ2v) is 6.20. The van der Waals surface area contributed by atoms with Gasteiger partial charge in [-0.25, -0.2) is 8.42 Å². The van der Waals surface area contributed by atoms with E-state index in [0.717, 1.165) is 23.8 Å². The third kappa shape index (κ3) is 6.57. The zero-order chi connectivity index (χ0) is 13.3. The van der Waals surface area contributed by atoms with Gasteiger partial charge in [0, 0.05) is 12.0 Å². The van der Waals surface area contributed by atoms with E-state index in [-0.39, 0.29) is 5.75 Å². The first-order chi connectivity index (χ1) is 8.64. The van der Waals surface area contributed by atoms with E-state index in [9.17, 15) is 8.42 Å². The number of unbranched alkanes of at least 4 members (excludes halogenated alkanes) is 2. The van der Waals surface area contributed by atoms with Gasteiger partial charge in [0.2, 0.25) is 0 Å². The molecule has 0 saturated heterocycles. The zero-order valence-corrected chi connectivity index (χ0v) is 11.4. The fourth-order valence-electron chi connectivity index (χ4n) is 1.53. The summed E-state index contributed by atoms with van der Waals surface area (Å²) in [7, 11) is -3.03. The van der Waals surface area contributed by atoms with E-state index in [1.165, 1.54) is 0 Å². The van der Waals surface area contributed by atoms with Gasteiger partial charge in [0.15, 0.2) is 9.84 Å². The highest BCUT2D eigenvalue weighted by Crippen LogP contribution is 2.04. The average Bonchev–Trinajstić information content (AvgIpc) is 2.39. The van der Waals surface area contributed by atoms with Crippen LogP contribution in [0.5, 0.6) is 0 Å². The molecule has 0 unspecified atom stereocenters. The van der Waals surface area contributed by atoms with Gasteiger partial charge in [-0.05, 0) is 18.4 Å². The Morgan fingerprint density at radius 3 is 2.50 bits per heavy atom. The molecule has 4 heteroatoms. The van der Waals surface area contributed by atoms with Gasteiger partial charge in [-0.2, -0.15) is 0 Å². The Labute approximate surface area is 109 Å². The van der Waals surface area contributed by atoms with Gasteiger partial charge in [-0.1, -0.05) is 43.3 Å². The second-order valence-electron chi connectivity index (χ2n) is 4.13. The van der Waals surface area contributed by atoms with Crippen LogP contribution < -0.4 is 0 Å². The molecular weight excluding hydrogens is 248 g/mol. The van der Waals surface area contributed by atoms with Crippen LogP contribution in [0.15, 0.2) is 42.3 Å². The minimum absolute atomic E-state index is 0.190. The topological polar surface area (TPSA) is 43.4 Å². The van der Waals surface area contributed by atoms with Crippen molar-refractivity contribution in [3.8, 4) is 0 Å². The quantitative estimate of drug-likeness (QED) is 0.647. The zero-order valence-electron chi connectivity index (χ0n) is 10.5. The summed E-state index contributed by atoms with van der Waals surface area (Å²) < 4.78 is 27.8. The smallest absolute Gasteiger partial charge is 0.171 e. The maximum absolute atomic E-state index is 11.1. The van der Waals surface area contributed by atoms with Crippen molar-refractivity contribution in [2.75, 3.05) is 12.4 Å². The maximum atomic E-state index is 11.1. The van der Waals surface area contributed by atoms with E-state index in [2.05, 4.69) is 6.58 Å². The van der Waals surface area contributed by atoms with Crippen LogP contribution in [0, 0.1) is 0 Å². The molecule has 3 nitrogen and oxygen atoms in total. The largest absolute Gasteiger partial charge is 0.377 e. The van der Waals surface area contributed by atoms with E-state index in [0.29, 0.717) is 19.6 Å². The molecule has 0 spiro atoms. The van der Waals surface area contributed by atoms with Gasteiger partial charge in [0.25, 0.3) is 0 Å². The van der Waals surface area contributed by atoms with Gasteiger partial charge in [0.05, 0.1) is 12.4 Å². The minimum atomic E-state index is -3.03. The molecule has 0 aliphatic heterocycles. The van der Waals surface area contributed by atoms with Gasteiger partial charge in [-0.3, -0.25) is 0 Å². The van der Waals surface area contributed by atoms with Gasteiger partial charge >= 0.3 is 0 Å². The summed E-state index contributed by atoms with van der Waals surface area (Å²) in [5, 5.41) is 1.03. The monoisotopic (exact) mass is 268 g/mol. The van der Waals surface area contributed by atoms with Crippen LogP contribution in [0.1, 0.15) is 24.8 Å². The lowest BCUT2D eigenvalue weighted by Gasteiger charge is -2.04. The fourth-order valence-corrected chi connectivity index (χ4v) is 2.30. The van der Waals surface area contributed by atoms with E-state index in [1.54, 1.807) is 0 Å². The Morgan fingerprint density at radius 1 is 1.11 bits per heavy atom. The second kappa shape index (κ2) is 8.06. The molecule has 100 valence electrons. The van der Waals surface area contributed by atoms with Gasteiger partial charge < -0.3 is 4.74 Å². The summed E-state index contributed by atoms with van der Waals surface area (Å²) >= 11 is 0. The summed E-state index contributed by atoms with van der Waals surface area (Å²) in [5.41, 5.74) is 1.16. The third-order valence-corrected chi connectivity index (χ3v) is 3.95. The maximum Gasteiger partial charge on any atom is 0.171 e. The summed E-state index contributed by atoms with van der Waals surface area (Å²) in [6.07, 6.45) is 2.42. The molecule has 0 aliphatic rings. The van der Waals surface area contributed by atoms with Gasteiger partial charge in [0.1, 0.15) is 0 Å². The van der Waals surface area contributed by atoms with E-state index >= 15 is 0 Å². The Balaban J connectivity index is 2.01. The number of hydrogen-bond acceptors (Lipinski definition) is 3. The highest BCUT2D eigenvalue weighted by Gasteiger charge is 2.03. The highest BCUT2D eigenvalue weighted by molar-refractivity contribution is 7.94. The number of rotatable bonds is 9. The molecule has 0 heterocycles. The summed E-state index contributed by atoms with van der Waals surface area (Å²) in [6, 6.07) is 9.99. The van der Waals surface area contributed by atoms with Crippen LogP contribution in [-0.4, -0.2) is 20.8 Å². The first kappa shape index (κ1) is 14.9. The molecule has 0 saturated carbocycles. The predicted molar refractivity (Wildman–Crippen MR) is 73.9 cm³/mol. The molecule has 18 heavy (non-hydrogen) atoms. The Hall–Kier alpha value is -1.13. The minimum Gasteiger partial charge on any atom is -0.377 e. The standard InChI is InChI=1S/C14H20O3S/c1-2-18(15,16)12-8-4-7-11-17-13-14-9-5-3-6-10-14/h2-3,5-6,9-10H,1,4,7-8,11-13H2. The molecule has 0 amide bonds. The third-order valence-electron chi connectivity index (χ3n) is 2.58. The number of sulfone groups is 1. The SMILES string of the molecule is C=CS(=O)(=O)CCCCCOCc1ccccc1. The van der Waals surface area contributed by atoms with Crippen LogP contribution in [0.2, 0.25) is 0 Å². The van der Waals surface area contributed by atoms with Crippen LogP contribution in [0.3, 0.4) is 0 Å². The first-order valence-corrected chi connectivity index (χ1v) is 7.82. The molecule has 1 aromatic rings. The fraction of sp³-hybridized carbons (Fsp3) is 0.429. The Kier molecular flexibility index (Phi) is 6.68. The lowest BCUT2D eigenvalue weighted by atomic mass is 10.2. The number of ether oxygens (including phenoxy) is 1. The molecule has 0 aliphatic carbocycles. The summed E-state index contributed by atoms with van der Waals surface area (Å²) in [5.74, 6) is 0.190. The van der Waals surface area contributed by atoms with Crippen LogP contribution >= 0.6 is 0 Å². The molecular formula is C14H20O3S. The van der Waals surface area contributed by atoms with E-state index in [1.807, 2.05) is 30.3 Å². The van der Waals surface area contributed by atoms with Crippen molar-refractivity contribution < 1.29 is 13.2 Å². The van der Waals surface area contributed by atoms with E-state index in [4.69, 9.17) is 4.74 Å². The molecule has 1 aromatic carbocycles. The highest BCUT2D eigenvalue weighted by atomic mass is 32.2. The molecule has 0 N–H and O–H groups in total. The van der Waals surface area contributed by atoms with Crippen molar-refractivity contribution in [3.05, 3.63) is 47.9 Å².